The lowest BCUT2D eigenvalue weighted by Crippen LogP contribution is -2.63. The van der Waals surface area contributed by atoms with E-state index in [0.717, 1.165) is 23.7 Å². The van der Waals surface area contributed by atoms with Gasteiger partial charge in [0.15, 0.2) is 0 Å². The molecule has 0 unspecified atom stereocenters. The smallest absolute Gasteiger partial charge is 0.211 e. The molecule has 10 nitrogen and oxygen atoms in total. The van der Waals surface area contributed by atoms with Gasteiger partial charge in [-0.1, -0.05) is 23.2 Å². The van der Waals surface area contributed by atoms with Gasteiger partial charge in [0.1, 0.15) is 29.4 Å². The maximum Gasteiger partial charge on any atom is 0.211 e. The Balaban J connectivity index is 1.24. The van der Waals surface area contributed by atoms with Crippen LogP contribution in [0.4, 0.5) is 5.82 Å². The standard InChI is InChI=1S/C28H27Cl2N7O3S/c1-17(25-22(29)12-32-13-23(25)30)40-20-4-5-24-21(9-20)26(35-34-24)19-8-18(10-31)27(33-11-19)36-14-28(15-36)6-3-7-37(16-28)41(2,38)39/h4-5,8-9,11-13,17H,3,6-7,14-16H2,1-2H3,(H,34,35)/t17-/m1/s1. The van der Waals surface area contributed by atoms with E-state index >= 15 is 0 Å². The third kappa shape index (κ3) is 5.21. The Hall–Kier alpha value is -3.43. The van der Waals surface area contributed by atoms with Gasteiger partial charge in [0.25, 0.3) is 0 Å². The fourth-order valence-electron chi connectivity index (χ4n) is 5.90. The topological polar surface area (TPSA) is 128 Å². The van der Waals surface area contributed by atoms with Crippen LogP contribution in [-0.2, 0) is 10.0 Å². The van der Waals surface area contributed by atoms with E-state index < -0.39 is 16.1 Å². The van der Waals surface area contributed by atoms with Gasteiger partial charge in [-0.3, -0.25) is 10.1 Å². The highest BCUT2D eigenvalue weighted by Gasteiger charge is 2.48. The second-order valence-electron chi connectivity index (χ2n) is 10.8. The molecule has 0 aliphatic carbocycles. The summed E-state index contributed by atoms with van der Waals surface area (Å²) in [6.07, 6.45) is 7.40. The van der Waals surface area contributed by atoms with Gasteiger partial charge in [-0.15, -0.1) is 0 Å². The van der Waals surface area contributed by atoms with Gasteiger partial charge in [0, 0.05) is 66.7 Å². The lowest BCUT2D eigenvalue weighted by Gasteiger charge is -2.54. The molecule has 212 valence electrons. The van der Waals surface area contributed by atoms with Crippen molar-refractivity contribution in [3.05, 3.63) is 64.0 Å². The second-order valence-corrected chi connectivity index (χ2v) is 13.6. The third-order valence-electron chi connectivity index (χ3n) is 7.85. The van der Waals surface area contributed by atoms with Crippen molar-refractivity contribution >= 4 is 49.9 Å². The lowest BCUT2D eigenvalue weighted by atomic mass is 9.74. The van der Waals surface area contributed by atoms with Gasteiger partial charge >= 0.3 is 0 Å². The number of nitriles is 1. The summed E-state index contributed by atoms with van der Waals surface area (Å²) in [5.74, 6) is 1.20. The van der Waals surface area contributed by atoms with Crippen LogP contribution in [0.5, 0.6) is 5.75 Å². The highest BCUT2D eigenvalue weighted by Crippen LogP contribution is 2.43. The molecule has 3 aromatic heterocycles. The number of benzene rings is 1. The normalized spacial score (nSPS) is 17.8. The maximum atomic E-state index is 12.1. The molecule has 0 saturated carbocycles. The van der Waals surface area contributed by atoms with Gasteiger partial charge in [0.05, 0.1) is 27.4 Å². The number of sulfonamides is 1. The molecule has 1 atom stereocenters. The number of nitrogens with zero attached hydrogens (tertiary/aromatic N) is 6. The molecule has 2 fully saturated rings. The summed E-state index contributed by atoms with van der Waals surface area (Å²) in [7, 11) is -3.23. The Morgan fingerprint density at radius 2 is 1.90 bits per heavy atom. The summed E-state index contributed by atoms with van der Waals surface area (Å²) in [5.41, 5.74) is 3.12. The summed E-state index contributed by atoms with van der Waals surface area (Å²) in [4.78, 5) is 10.7. The molecule has 0 amide bonds. The fourth-order valence-corrected chi connectivity index (χ4v) is 7.54. The number of aromatic nitrogens is 4. The van der Waals surface area contributed by atoms with Crippen molar-refractivity contribution in [1.29, 1.82) is 5.26 Å². The van der Waals surface area contributed by atoms with E-state index in [-0.39, 0.29) is 5.41 Å². The molecular weight excluding hydrogens is 585 g/mol. The van der Waals surface area contributed by atoms with Crippen molar-refractivity contribution in [3.63, 3.8) is 0 Å². The first-order chi connectivity index (χ1) is 19.6. The zero-order valence-electron chi connectivity index (χ0n) is 22.4. The molecule has 4 aromatic rings. The number of nitrogens with one attached hydrogen (secondary N) is 1. The molecular formula is C28H27Cl2N7O3S. The van der Waals surface area contributed by atoms with Gasteiger partial charge < -0.3 is 9.64 Å². The average molecular weight is 613 g/mol. The first kappa shape index (κ1) is 27.7. The Kier molecular flexibility index (Phi) is 7.06. The fraction of sp³-hybridized carbons (Fsp3) is 0.357. The second kappa shape index (κ2) is 10.4. The predicted octanol–water partition coefficient (Wildman–Crippen LogP) is 5.20. The predicted molar refractivity (Wildman–Crippen MR) is 158 cm³/mol. The zero-order valence-corrected chi connectivity index (χ0v) is 24.8. The van der Waals surface area contributed by atoms with Crippen molar-refractivity contribution in [3.8, 4) is 23.1 Å². The zero-order chi connectivity index (χ0) is 28.9. The summed E-state index contributed by atoms with van der Waals surface area (Å²) >= 11 is 12.6. The summed E-state index contributed by atoms with van der Waals surface area (Å²) in [6, 6.07) is 9.66. The number of anilines is 1. The number of hydrogen-bond donors (Lipinski definition) is 1. The summed E-state index contributed by atoms with van der Waals surface area (Å²) in [5, 5.41) is 19.2. The van der Waals surface area contributed by atoms with E-state index in [2.05, 4.69) is 31.1 Å². The van der Waals surface area contributed by atoms with Crippen LogP contribution in [0.3, 0.4) is 0 Å². The van der Waals surface area contributed by atoms with Crippen LogP contribution in [0.1, 0.15) is 37.0 Å². The number of pyridine rings is 2. The highest BCUT2D eigenvalue weighted by atomic mass is 35.5. The third-order valence-corrected chi connectivity index (χ3v) is 9.70. The SMILES string of the molecule is C[C@@H](Oc1ccc2[nH]nc(-c3cnc(N4CC5(CCCN(S(C)(=O)=O)C5)C4)c(C#N)c3)c2c1)c1c(Cl)cncc1Cl. The largest absolute Gasteiger partial charge is 0.486 e. The van der Waals surface area contributed by atoms with Gasteiger partial charge in [0.2, 0.25) is 10.0 Å². The van der Waals surface area contributed by atoms with Crippen molar-refractivity contribution in [2.45, 2.75) is 25.9 Å². The van der Waals surface area contributed by atoms with Gasteiger partial charge in [-0.05, 0) is 44.0 Å². The Morgan fingerprint density at radius 3 is 2.61 bits per heavy atom. The van der Waals surface area contributed by atoms with E-state index in [1.54, 1.807) is 16.6 Å². The number of fused-ring (bicyclic) bond motifs is 1. The molecule has 6 rings (SSSR count). The minimum Gasteiger partial charge on any atom is -0.486 e. The summed E-state index contributed by atoms with van der Waals surface area (Å²) in [6.45, 7) is 4.25. The molecule has 5 heterocycles. The van der Waals surface area contributed by atoms with Crippen molar-refractivity contribution < 1.29 is 13.2 Å². The monoisotopic (exact) mass is 611 g/mol. The maximum absolute atomic E-state index is 12.1. The molecule has 2 aliphatic rings. The number of H-pyrrole nitrogens is 1. The Labute approximate surface area is 247 Å². The molecule has 1 aromatic carbocycles. The molecule has 1 spiro atoms. The number of piperidine rings is 1. The first-order valence-electron chi connectivity index (χ1n) is 13.1. The van der Waals surface area contributed by atoms with E-state index in [9.17, 15) is 13.7 Å². The number of halogens is 2. The van der Waals surface area contributed by atoms with Crippen LogP contribution in [-0.4, -0.2) is 65.3 Å². The molecule has 1 N–H and O–H groups in total. The molecule has 2 saturated heterocycles. The van der Waals surface area contributed by atoms with E-state index in [1.807, 2.05) is 25.1 Å². The molecule has 0 bridgehead atoms. The first-order valence-corrected chi connectivity index (χ1v) is 15.7. The lowest BCUT2D eigenvalue weighted by molar-refractivity contribution is 0.108. The van der Waals surface area contributed by atoms with Crippen LogP contribution < -0.4 is 9.64 Å². The Bertz CT molecular complexity index is 1780. The Morgan fingerprint density at radius 1 is 1.15 bits per heavy atom. The summed E-state index contributed by atoms with van der Waals surface area (Å²) < 4.78 is 31.9. The number of hydrogen-bond acceptors (Lipinski definition) is 8. The van der Waals surface area contributed by atoms with Crippen molar-refractivity contribution in [2.75, 3.05) is 37.3 Å². The van der Waals surface area contributed by atoms with Crippen molar-refractivity contribution in [1.82, 2.24) is 24.5 Å². The number of rotatable bonds is 6. The van der Waals surface area contributed by atoms with Crippen LogP contribution >= 0.6 is 23.2 Å². The van der Waals surface area contributed by atoms with E-state index in [4.69, 9.17) is 27.9 Å². The van der Waals surface area contributed by atoms with Crippen LogP contribution in [0, 0.1) is 16.7 Å². The van der Waals surface area contributed by atoms with Crippen molar-refractivity contribution in [2.24, 2.45) is 5.41 Å². The van der Waals surface area contributed by atoms with Crippen LogP contribution in [0.25, 0.3) is 22.2 Å². The highest BCUT2D eigenvalue weighted by molar-refractivity contribution is 7.88. The number of aromatic amines is 1. The molecule has 0 radical (unpaired) electrons. The average Bonchev–Trinajstić information content (AvgIpc) is 3.34. The minimum atomic E-state index is -3.23. The van der Waals surface area contributed by atoms with Crippen LogP contribution in [0.2, 0.25) is 10.0 Å². The minimum absolute atomic E-state index is 0.106. The van der Waals surface area contributed by atoms with E-state index in [1.165, 1.54) is 18.6 Å². The molecule has 41 heavy (non-hydrogen) atoms. The van der Waals surface area contributed by atoms with Gasteiger partial charge in [-0.2, -0.15) is 10.4 Å². The quantitative estimate of drug-likeness (QED) is 0.315. The van der Waals surface area contributed by atoms with Crippen LogP contribution in [0.15, 0.2) is 42.9 Å². The molecule has 2 aliphatic heterocycles. The van der Waals surface area contributed by atoms with Gasteiger partial charge in [-0.25, -0.2) is 17.7 Å². The number of ether oxygens (including phenoxy) is 1. The van der Waals surface area contributed by atoms with E-state index in [0.29, 0.717) is 70.2 Å². The molecule has 13 heteroatoms.